The van der Waals surface area contributed by atoms with Gasteiger partial charge in [-0.25, -0.2) is 0 Å². The predicted octanol–water partition coefficient (Wildman–Crippen LogP) is 1.99. The van der Waals surface area contributed by atoms with Crippen LogP contribution in [0.3, 0.4) is 0 Å². The fraction of sp³-hybridized carbons (Fsp3) is 0.444. The van der Waals surface area contributed by atoms with Crippen LogP contribution in [0.4, 0.5) is 0 Å². The minimum Gasteiger partial charge on any atom is -0.380 e. The number of nitrogens with one attached hydrogen (secondary N) is 1. The van der Waals surface area contributed by atoms with Crippen LogP contribution in [0, 0.1) is 5.92 Å². The molecule has 3 aromatic rings. The van der Waals surface area contributed by atoms with Gasteiger partial charge in [-0.2, -0.15) is 10.2 Å². The van der Waals surface area contributed by atoms with Crippen LogP contribution in [0.15, 0.2) is 36.8 Å². The highest BCUT2D eigenvalue weighted by molar-refractivity contribution is 5.78. The van der Waals surface area contributed by atoms with Gasteiger partial charge in [0.25, 0.3) is 0 Å². The molecular formula is C18H23N5O. The highest BCUT2D eigenvalue weighted by atomic mass is 16.5. The third kappa shape index (κ3) is 3.49. The molecule has 4 rings (SSSR count). The molecule has 24 heavy (non-hydrogen) atoms. The van der Waals surface area contributed by atoms with Gasteiger partial charge in [0.05, 0.1) is 31.1 Å². The highest BCUT2D eigenvalue weighted by Gasteiger charge is 2.19. The average Bonchev–Trinajstić information content (AvgIpc) is 3.13. The third-order valence-corrected chi connectivity index (χ3v) is 4.62. The minimum atomic E-state index is 0.508. The van der Waals surface area contributed by atoms with Gasteiger partial charge in [0.1, 0.15) is 0 Å². The van der Waals surface area contributed by atoms with Crippen molar-refractivity contribution in [3.05, 3.63) is 47.9 Å². The summed E-state index contributed by atoms with van der Waals surface area (Å²) in [5, 5.41) is 12.5. The van der Waals surface area contributed by atoms with E-state index < -0.39 is 0 Å². The quantitative estimate of drug-likeness (QED) is 0.797. The number of nitrogens with zero attached hydrogens (tertiary/aromatic N) is 4. The molecule has 126 valence electrons. The molecule has 0 radical (unpaired) electrons. The van der Waals surface area contributed by atoms with Crippen molar-refractivity contribution in [2.75, 3.05) is 26.3 Å². The van der Waals surface area contributed by atoms with Crippen LogP contribution in [-0.2, 0) is 24.8 Å². The monoisotopic (exact) mass is 325 g/mol. The molecule has 0 amide bonds. The van der Waals surface area contributed by atoms with E-state index in [1.807, 2.05) is 24.1 Å². The SMILES string of the molecule is Cn1cc(CN2CCOCC(Cc3ccc4[nH]ncc4c3)C2)cn1. The zero-order valence-corrected chi connectivity index (χ0v) is 14.0. The van der Waals surface area contributed by atoms with E-state index in [0.29, 0.717) is 5.92 Å². The van der Waals surface area contributed by atoms with Crippen molar-refractivity contribution in [1.82, 2.24) is 24.9 Å². The summed E-state index contributed by atoms with van der Waals surface area (Å²) in [6.07, 6.45) is 6.96. The molecule has 1 unspecified atom stereocenters. The van der Waals surface area contributed by atoms with E-state index >= 15 is 0 Å². The summed E-state index contributed by atoms with van der Waals surface area (Å²) in [5.41, 5.74) is 3.70. The van der Waals surface area contributed by atoms with Crippen molar-refractivity contribution in [2.45, 2.75) is 13.0 Å². The third-order valence-electron chi connectivity index (χ3n) is 4.62. The highest BCUT2D eigenvalue weighted by Crippen LogP contribution is 2.19. The Morgan fingerprint density at radius 3 is 3.12 bits per heavy atom. The van der Waals surface area contributed by atoms with Gasteiger partial charge in [-0.05, 0) is 30.0 Å². The largest absolute Gasteiger partial charge is 0.380 e. The fourth-order valence-corrected chi connectivity index (χ4v) is 3.48. The van der Waals surface area contributed by atoms with Crippen LogP contribution < -0.4 is 0 Å². The van der Waals surface area contributed by atoms with E-state index in [4.69, 9.17) is 4.74 Å². The van der Waals surface area contributed by atoms with Crippen molar-refractivity contribution < 1.29 is 4.74 Å². The van der Waals surface area contributed by atoms with Gasteiger partial charge in [-0.15, -0.1) is 0 Å². The first-order chi connectivity index (χ1) is 11.8. The zero-order chi connectivity index (χ0) is 16.4. The van der Waals surface area contributed by atoms with Gasteiger partial charge in [-0.1, -0.05) is 6.07 Å². The number of benzene rings is 1. The van der Waals surface area contributed by atoms with E-state index in [-0.39, 0.29) is 0 Å². The lowest BCUT2D eigenvalue weighted by molar-refractivity contribution is 0.121. The number of aryl methyl sites for hydroxylation is 1. The second-order valence-electron chi connectivity index (χ2n) is 6.69. The summed E-state index contributed by atoms with van der Waals surface area (Å²) in [5.74, 6) is 0.508. The van der Waals surface area contributed by atoms with E-state index in [1.54, 1.807) is 0 Å². The van der Waals surface area contributed by atoms with Crippen molar-refractivity contribution in [3.8, 4) is 0 Å². The molecule has 1 aromatic carbocycles. The van der Waals surface area contributed by atoms with E-state index in [0.717, 1.165) is 44.8 Å². The Kier molecular flexibility index (Phi) is 4.32. The summed E-state index contributed by atoms with van der Waals surface area (Å²) in [4.78, 5) is 2.48. The normalized spacial score (nSPS) is 19.6. The van der Waals surface area contributed by atoms with Crippen LogP contribution in [0.5, 0.6) is 0 Å². The molecule has 1 N–H and O–H groups in total. The summed E-state index contributed by atoms with van der Waals surface area (Å²) in [6.45, 7) is 4.60. The number of H-pyrrole nitrogens is 1. The van der Waals surface area contributed by atoms with Crippen LogP contribution in [0.2, 0.25) is 0 Å². The molecule has 6 heteroatoms. The lowest BCUT2D eigenvalue weighted by Crippen LogP contribution is -2.30. The van der Waals surface area contributed by atoms with Gasteiger partial charge in [-0.3, -0.25) is 14.7 Å². The van der Waals surface area contributed by atoms with Gasteiger partial charge in [0.2, 0.25) is 0 Å². The number of aromatic amines is 1. The lowest BCUT2D eigenvalue weighted by atomic mass is 9.98. The Morgan fingerprint density at radius 1 is 1.29 bits per heavy atom. The molecule has 1 saturated heterocycles. The van der Waals surface area contributed by atoms with E-state index in [9.17, 15) is 0 Å². The number of hydrogen-bond donors (Lipinski definition) is 1. The maximum atomic E-state index is 5.84. The van der Waals surface area contributed by atoms with Crippen molar-refractivity contribution >= 4 is 10.9 Å². The average molecular weight is 325 g/mol. The number of aromatic nitrogens is 4. The maximum Gasteiger partial charge on any atom is 0.0650 e. The van der Waals surface area contributed by atoms with Crippen molar-refractivity contribution in [3.63, 3.8) is 0 Å². The van der Waals surface area contributed by atoms with E-state index in [2.05, 4.69) is 44.6 Å². The summed E-state index contributed by atoms with van der Waals surface area (Å²) < 4.78 is 7.71. The smallest absolute Gasteiger partial charge is 0.0650 e. The van der Waals surface area contributed by atoms with Crippen LogP contribution in [0.1, 0.15) is 11.1 Å². The topological polar surface area (TPSA) is 59.0 Å². The Balaban J connectivity index is 1.43. The molecule has 2 aromatic heterocycles. The Morgan fingerprint density at radius 2 is 2.25 bits per heavy atom. The minimum absolute atomic E-state index is 0.508. The second-order valence-corrected chi connectivity index (χ2v) is 6.69. The first-order valence-electron chi connectivity index (χ1n) is 8.46. The molecule has 0 aliphatic carbocycles. The van der Waals surface area contributed by atoms with Crippen LogP contribution in [0.25, 0.3) is 10.9 Å². The summed E-state index contributed by atoms with van der Waals surface area (Å²) in [6, 6.07) is 6.54. The molecule has 0 saturated carbocycles. The lowest BCUT2D eigenvalue weighted by Gasteiger charge is -2.22. The molecule has 1 atom stereocenters. The van der Waals surface area contributed by atoms with Gasteiger partial charge >= 0.3 is 0 Å². The Labute approximate surface area is 141 Å². The molecule has 6 nitrogen and oxygen atoms in total. The number of ether oxygens (including phenoxy) is 1. The second kappa shape index (κ2) is 6.75. The van der Waals surface area contributed by atoms with Gasteiger partial charge in [0.15, 0.2) is 0 Å². The zero-order valence-electron chi connectivity index (χ0n) is 14.0. The van der Waals surface area contributed by atoms with Crippen molar-refractivity contribution in [1.29, 1.82) is 0 Å². The Hall–Kier alpha value is -2.18. The summed E-state index contributed by atoms with van der Waals surface area (Å²) >= 11 is 0. The number of fused-ring (bicyclic) bond motifs is 1. The predicted molar refractivity (Wildman–Crippen MR) is 92.6 cm³/mol. The molecule has 1 aliphatic rings. The van der Waals surface area contributed by atoms with Gasteiger partial charge in [0, 0.05) is 43.8 Å². The number of hydrogen-bond acceptors (Lipinski definition) is 4. The number of rotatable bonds is 4. The Bertz CT molecular complexity index is 808. The van der Waals surface area contributed by atoms with Gasteiger partial charge < -0.3 is 4.74 Å². The molecule has 1 aliphatic heterocycles. The first-order valence-corrected chi connectivity index (χ1v) is 8.46. The molecular weight excluding hydrogens is 302 g/mol. The van der Waals surface area contributed by atoms with Crippen LogP contribution >= 0.6 is 0 Å². The molecule has 1 fully saturated rings. The van der Waals surface area contributed by atoms with Crippen molar-refractivity contribution in [2.24, 2.45) is 13.0 Å². The fourth-order valence-electron chi connectivity index (χ4n) is 3.48. The molecule has 0 spiro atoms. The van der Waals surface area contributed by atoms with E-state index in [1.165, 1.54) is 16.5 Å². The summed E-state index contributed by atoms with van der Waals surface area (Å²) in [7, 11) is 1.96. The first kappa shape index (κ1) is 15.4. The molecule has 0 bridgehead atoms. The maximum absolute atomic E-state index is 5.84. The van der Waals surface area contributed by atoms with Crippen LogP contribution in [-0.4, -0.2) is 51.2 Å². The standard InChI is InChI=1S/C18H23N5O/c1-22-10-16(8-20-22)12-23-4-5-24-13-15(11-23)6-14-2-3-18-17(7-14)9-19-21-18/h2-3,7-10,15H,4-6,11-13H2,1H3,(H,19,21). The molecule has 3 heterocycles.